The van der Waals surface area contributed by atoms with Crippen molar-refractivity contribution in [3.63, 3.8) is 0 Å². The topological polar surface area (TPSA) is 12.7 Å². The molecule has 1 atom stereocenters. The van der Waals surface area contributed by atoms with Crippen LogP contribution in [-0.4, -0.2) is 83.6 Å². The Kier molecular flexibility index (Phi) is 12.4. The van der Waals surface area contributed by atoms with Crippen LogP contribution in [0.3, 0.4) is 0 Å². The standard InChI is InChI=1S/C20H45N4/c1-10-21(11-2)19(22(12-3)13-4)18(9)20(23(14-5)15-6)24(16-7)17-8/h18-19H,10-17H2,1-9H3/q+1. The molecule has 0 saturated carbocycles. The van der Waals surface area contributed by atoms with E-state index in [0.717, 1.165) is 52.4 Å². The quantitative estimate of drug-likeness (QED) is 0.234. The zero-order chi connectivity index (χ0) is 18.7. The maximum atomic E-state index is 2.63. The average Bonchev–Trinajstić information content (AvgIpc) is 2.62. The van der Waals surface area contributed by atoms with E-state index in [4.69, 9.17) is 0 Å². The first-order valence-corrected chi connectivity index (χ1v) is 10.3. The zero-order valence-corrected chi connectivity index (χ0v) is 18.1. The smallest absolute Gasteiger partial charge is 0.252 e. The molecule has 0 aliphatic rings. The Morgan fingerprint density at radius 3 is 1.29 bits per heavy atom. The van der Waals surface area contributed by atoms with Crippen LogP contribution in [0.15, 0.2) is 0 Å². The van der Waals surface area contributed by atoms with Gasteiger partial charge in [-0.1, -0.05) is 27.7 Å². The van der Waals surface area contributed by atoms with Crippen molar-refractivity contribution in [2.45, 2.75) is 68.5 Å². The highest BCUT2D eigenvalue weighted by Gasteiger charge is 2.37. The Labute approximate surface area is 152 Å². The van der Waals surface area contributed by atoms with Gasteiger partial charge >= 0.3 is 0 Å². The Morgan fingerprint density at radius 1 is 0.667 bits per heavy atom. The molecule has 0 aromatic carbocycles. The van der Waals surface area contributed by atoms with E-state index in [2.05, 4.69) is 81.6 Å². The summed E-state index contributed by atoms with van der Waals surface area (Å²) in [5.41, 5.74) is 0. The second-order valence-electron chi connectivity index (χ2n) is 6.35. The molecule has 0 aromatic heterocycles. The third-order valence-electron chi connectivity index (χ3n) is 5.40. The molecular weight excluding hydrogens is 296 g/mol. The summed E-state index contributed by atoms with van der Waals surface area (Å²) in [6.45, 7) is 29.5. The van der Waals surface area contributed by atoms with E-state index < -0.39 is 0 Å². The van der Waals surface area contributed by atoms with Crippen molar-refractivity contribution in [2.24, 2.45) is 5.92 Å². The van der Waals surface area contributed by atoms with Crippen LogP contribution in [0.5, 0.6) is 0 Å². The van der Waals surface area contributed by atoms with Gasteiger partial charge in [0.2, 0.25) is 0 Å². The van der Waals surface area contributed by atoms with E-state index in [1.807, 2.05) is 0 Å². The van der Waals surface area contributed by atoms with Crippen LogP contribution in [0.4, 0.5) is 0 Å². The lowest BCUT2D eigenvalue weighted by molar-refractivity contribution is -0.528. The first-order chi connectivity index (χ1) is 11.5. The lowest BCUT2D eigenvalue weighted by atomic mass is 10.0. The van der Waals surface area contributed by atoms with Crippen molar-refractivity contribution < 1.29 is 4.58 Å². The van der Waals surface area contributed by atoms with Gasteiger partial charge in [-0.2, -0.15) is 0 Å². The third-order valence-corrected chi connectivity index (χ3v) is 5.40. The summed E-state index contributed by atoms with van der Waals surface area (Å²) in [7, 11) is 0. The monoisotopic (exact) mass is 341 g/mol. The van der Waals surface area contributed by atoms with E-state index in [1.54, 1.807) is 0 Å². The maximum absolute atomic E-state index is 2.63. The molecule has 0 aliphatic heterocycles. The van der Waals surface area contributed by atoms with Crippen molar-refractivity contribution in [1.29, 1.82) is 0 Å². The fourth-order valence-electron chi connectivity index (χ4n) is 4.06. The Hall–Kier alpha value is -0.610. The van der Waals surface area contributed by atoms with Gasteiger partial charge in [0.1, 0.15) is 0 Å². The average molecular weight is 342 g/mol. The summed E-state index contributed by atoms with van der Waals surface area (Å²) in [4.78, 5) is 7.83. The second kappa shape index (κ2) is 12.7. The van der Waals surface area contributed by atoms with Crippen molar-refractivity contribution in [2.75, 3.05) is 52.4 Å². The van der Waals surface area contributed by atoms with Gasteiger partial charge in [-0.15, -0.1) is 0 Å². The molecule has 1 unspecified atom stereocenters. The highest BCUT2D eigenvalue weighted by molar-refractivity contribution is 5.80. The maximum Gasteiger partial charge on any atom is 0.252 e. The third kappa shape index (κ3) is 5.73. The molecule has 4 heteroatoms. The van der Waals surface area contributed by atoms with Crippen molar-refractivity contribution in [3.05, 3.63) is 0 Å². The molecule has 0 spiro atoms. The lowest BCUT2D eigenvalue weighted by Gasteiger charge is -2.42. The van der Waals surface area contributed by atoms with E-state index >= 15 is 0 Å². The summed E-state index contributed by atoms with van der Waals surface area (Å²) in [6, 6.07) is 0. The Morgan fingerprint density at radius 2 is 1.04 bits per heavy atom. The van der Waals surface area contributed by atoms with Crippen LogP contribution in [0.25, 0.3) is 0 Å². The molecule has 0 amide bonds. The SMILES string of the molecule is CCN(CC)C(C(C)C(N(CC)CC)N(CC)CC)=[N+](CC)CC. The van der Waals surface area contributed by atoms with Crippen LogP contribution in [-0.2, 0) is 0 Å². The number of hydrogen-bond donors (Lipinski definition) is 0. The van der Waals surface area contributed by atoms with Crippen molar-refractivity contribution >= 4 is 5.84 Å². The van der Waals surface area contributed by atoms with Crippen molar-refractivity contribution in [1.82, 2.24) is 14.7 Å². The molecule has 0 fully saturated rings. The first-order valence-electron chi connectivity index (χ1n) is 10.3. The van der Waals surface area contributed by atoms with Crippen LogP contribution in [0.2, 0.25) is 0 Å². The second-order valence-corrected chi connectivity index (χ2v) is 6.35. The van der Waals surface area contributed by atoms with Gasteiger partial charge in [0.15, 0.2) is 0 Å². The van der Waals surface area contributed by atoms with Gasteiger partial charge in [-0.05, 0) is 60.8 Å². The van der Waals surface area contributed by atoms with Gasteiger partial charge in [-0.3, -0.25) is 19.3 Å². The molecule has 0 heterocycles. The molecule has 0 rings (SSSR count). The molecular formula is C20H45N4+. The summed E-state index contributed by atoms with van der Waals surface area (Å²) in [5.74, 6) is 2.01. The van der Waals surface area contributed by atoms with E-state index in [9.17, 15) is 0 Å². The molecule has 0 N–H and O–H groups in total. The Balaban J connectivity index is 6.06. The van der Waals surface area contributed by atoms with Crippen molar-refractivity contribution in [3.8, 4) is 0 Å². The molecule has 0 saturated heterocycles. The van der Waals surface area contributed by atoms with E-state index in [1.165, 1.54) is 5.84 Å². The summed E-state index contributed by atoms with van der Waals surface area (Å²) in [6.07, 6.45) is 0.464. The summed E-state index contributed by atoms with van der Waals surface area (Å²) in [5, 5.41) is 0. The minimum absolute atomic E-state index is 0.464. The molecule has 0 radical (unpaired) electrons. The van der Waals surface area contributed by atoms with Crippen LogP contribution in [0, 0.1) is 5.92 Å². The summed E-state index contributed by atoms with van der Waals surface area (Å²) < 4.78 is 2.57. The van der Waals surface area contributed by atoms with Gasteiger partial charge in [0, 0.05) is 0 Å². The highest BCUT2D eigenvalue weighted by atomic mass is 15.4. The zero-order valence-electron chi connectivity index (χ0n) is 18.1. The molecule has 0 aliphatic carbocycles. The minimum atomic E-state index is 0.464. The fourth-order valence-corrected chi connectivity index (χ4v) is 4.06. The number of amidine groups is 1. The normalized spacial score (nSPS) is 13.0. The fraction of sp³-hybridized carbons (Fsp3) is 0.950. The number of hydrogen-bond acceptors (Lipinski definition) is 2. The molecule has 4 nitrogen and oxygen atoms in total. The summed E-state index contributed by atoms with van der Waals surface area (Å²) >= 11 is 0. The van der Waals surface area contributed by atoms with Crippen LogP contribution in [0.1, 0.15) is 62.3 Å². The Bertz CT molecular complexity index is 324. The number of rotatable bonds is 12. The van der Waals surface area contributed by atoms with Gasteiger partial charge < -0.3 is 0 Å². The minimum Gasteiger partial charge on any atom is -0.288 e. The first kappa shape index (κ1) is 23.4. The van der Waals surface area contributed by atoms with Gasteiger partial charge in [-0.25, -0.2) is 0 Å². The number of nitrogens with zero attached hydrogens (tertiary/aromatic N) is 4. The largest absolute Gasteiger partial charge is 0.288 e. The van der Waals surface area contributed by atoms with E-state index in [0.29, 0.717) is 12.1 Å². The van der Waals surface area contributed by atoms with Gasteiger partial charge in [0.05, 0.1) is 38.3 Å². The van der Waals surface area contributed by atoms with E-state index in [-0.39, 0.29) is 0 Å². The highest BCUT2D eigenvalue weighted by Crippen LogP contribution is 2.20. The van der Waals surface area contributed by atoms with Crippen LogP contribution < -0.4 is 0 Å². The predicted octanol–water partition coefficient (Wildman–Crippen LogP) is 3.42. The molecule has 24 heavy (non-hydrogen) atoms. The lowest BCUT2D eigenvalue weighted by Crippen LogP contribution is -2.57. The molecule has 0 bridgehead atoms. The predicted molar refractivity (Wildman–Crippen MR) is 108 cm³/mol. The molecule has 144 valence electrons. The molecule has 0 aromatic rings. The van der Waals surface area contributed by atoms with Gasteiger partial charge in [0.25, 0.3) is 5.84 Å². The van der Waals surface area contributed by atoms with Crippen LogP contribution >= 0.6 is 0 Å².